The van der Waals surface area contributed by atoms with Gasteiger partial charge in [0.2, 0.25) is 0 Å². The molecule has 2 rings (SSSR count). The Morgan fingerprint density at radius 2 is 2.00 bits per heavy atom. The molecule has 0 aliphatic heterocycles. The Balaban J connectivity index is 2.40. The molecule has 15 heavy (non-hydrogen) atoms. The molecule has 0 unspecified atom stereocenters. The molecule has 0 atom stereocenters. The molecule has 0 bridgehead atoms. The highest BCUT2D eigenvalue weighted by atomic mass is 16.2. The van der Waals surface area contributed by atoms with E-state index < -0.39 is 5.69 Å². The number of nitrogens with two attached hydrogens (primary N) is 1. The van der Waals surface area contributed by atoms with E-state index in [2.05, 4.69) is 9.97 Å². The zero-order chi connectivity index (χ0) is 10.8. The summed E-state index contributed by atoms with van der Waals surface area (Å²) in [5.74, 6) is 0.382. The van der Waals surface area contributed by atoms with Crippen LogP contribution in [0.5, 0.6) is 0 Å². The summed E-state index contributed by atoms with van der Waals surface area (Å²) in [4.78, 5) is 27.7. The molecule has 1 aromatic rings. The molecule has 1 heterocycles. The maximum absolute atomic E-state index is 11.6. The van der Waals surface area contributed by atoms with Gasteiger partial charge >= 0.3 is 5.69 Å². The van der Waals surface area contributed by atoms with Gasteiger partial charge in [-0.25, -0.2) is 4.79 Å². The molecule has 0 saturated heterocycles. The lowest BCUT2D eigenvalue weighted by molar-refractivity contribution is 0.782. The van der Waals surface area contributed by atoms with Gasteiger partial charge in [0.15, 0.2) is 0 Å². The van der Waals surface area contributed by atoms with Crippen molar-refractivity contribution in [3.63, 3.8) is 0 Å². The van der Waals surface area contributed by atoms with Crippen LogP contribution in [0.2, 0.25) is 0 Å². The standard InChI is InChI=1S/C10H15N3O2/c11-5-1-2-7-8(6-3-4-6)12-10(15)13-9(7)14/h6H,1-5,11H2,(H2,12,13,14,15). The first-order valence-corrected chi connectivity index (χ1v) is 5.28. The van der Waals surface area contributed by atoms with Crippen LogP contribution in [0.15, 0.2) is 9.59 Å². The largest absolute Gasteiger partial charge is 0.330 e. The van der Waals surface area contributed by atoms with Crippen molar-refractivity contribution < 1.29 is 0 Å². The molecular weight excluding hydrogens is 194 g/mol. The highest BCUT2D eigenvalue weighted by Crippen LogP contribution is 2.39. The molecule has 1 aromatic heterocycles. The predicted molar refractivity (Wildman–Crippen MR) is 57.0 cm³/mol. The van der Waals surface area contributed by atoms with Crippen molar-refractivity contribution in [1.29, 1.82) is 0 Å². The summed E-state index contributed by atoms with van der Waals surface area (Å²) >= 11 is 0. The topological polar surface area (TPSA) is 91.7 Å². The number of hydrogen-bond donors (Lipinski definition) is 3. The molecule has 0 aromatic carbocycles. The van der Waals surface area contributed by atoms with Crippen LogP contribution < -0.4 is 17.0 Å². The minimum Gasteiger partial charge on any atom is -0.330 e. The van der Waals surface area contributed by atoms with E-state index in [0.29, 0.717) is 24.4 Å². The number of hydrogen-bond acceptors (Lipinski definition) is 3. The first-order chi connectivity index (χ1) is 7.22. The Morgan fingerprint density at radius 3 is 2.60 bits per heavy atom. The molecule has 1 aliphatic rings. The van der Waals surface area contributed by atoms with Crippen LogP contribution in [0, 0.1) is 0 Å². The van der Waals surface area contributed by atoms with Gasteiger partial charge in [0.1, 0.15) is 0 Å². The van der Waals surface area contributed by atoms with Crippen molar-refractivity contribution in [2.24, 2.45) is 5.73 Å². The molecule has 1 aliphatic carbocycles. The first kappa shape index (κ1) is 10.2. The summed E-state index contributed by atoms with van der Waals surface area (Å²) < 4.78 is 0. The van der Waals surface area contributed by atoms with Gasteiger partial charge < -0.3 is 10.7 Å². The first-order valence-electron chi connectivity index (χ1n) is 5.28. The van der Waals surface area contributed by atoms with E-state index in [1.807, 2.05) is 0 Å². The van der Waals surface area contributed by atoms with Crippen LogP contribution in [0.1, 0.15) is 36.4 Å². The Kier molecular flexibility index (Phi) is 2.73. The summed E-state index contributed by atoms with van der Waals surface area (Å²) in [7, 11) is 0. The number of rotatable bonds is 4. The van der Waals surface area contributed by atoms with Gasteiger partial charge in [0.25, 0.3) is 5.56 Å². The second kappa shape index (κ2) is 4.02. The SMILES string of the molecule is NCCCc1c(C2CC2)[nH]c(=O)[nH]c1=O. The Hall–Kier alpha value is -1.36. The highest BCUT2D eigenvalue weighted by molar-refractivity contribution is 5.24. The number of H-pyrrole nitrogens is 2. The summed E-state index contributed by atoms with van der Waals surface area (Å²) in [6.45, 7) is 0.558. The summed E-state index contributed by atoms with van der Waals surface area (Å²) in [5, 5.41) is 0. The van der Waals surface area contributed by atoms with Crippen LogP contribution in [0.3, 0.4) is 0 Å². The average molecular weight is 209 g/mol. The third-order valence-electron chi connectivity index (χ3n) is 2.69. The van der Waals surface area contributed by atoms with Crippen LogP contribution in [-0.2, 0) is 6.42 Å². The van der Waals surface area contributed by atoms with Crippen molar-refractivity contribution in [3.8, 4) is 0 Å². The summed E-state index contributed by atoms with van der Waals surface area (Å²) in [6.07, 6.45) is 3.55. The fraction of sp³-hybridized carbons (Fsp3) is 0.600. The summed E-state index contributed by atoms with van der Waals surface area (Å²) in [6, 6.07) is 0. The van der Waals surface area contributed by atoms with Gasteiger partial charge in [-0.05, 0) is 38.1 Å². The van der Waals surface area contributed by atoms with E-state index in [-0.39, 0.29) is 5.56 Å². The van der Waals surface area contributed by atoms with Crippen molar-refractivity contribution >= 4 is 0 Å². The minimum absolute atomic E-state index is 0.255. The van der Waals surface area contributed by atoms with Crippen molar-refractivity contribution in [1.82, 2.24) is 9.97 Å². The Morgan fingerprint density at radius 1 is 1.27 bits per heavy atom. The van der Waals surface area contributed by atoms with Gasteiger partial charge in [-0.2, -0.15) is 0 Å². The molecule has 1 saturated carbocycles. The zero-order valence-corrected chi connectivity index (χ0v) is 8.51. The van der Waals surface area contributed by atoms with E-state index >= 15 is 0 Å². The lowest BCUT2D eigenvalue weighted by atomic mass is 10.1. The van der Waals surface area contributed by atoms with Crippen molar-refractivity contribution in [2.45, 2.75) is 31.6 Å². The second-order valence-corrected chi connectivity index (χ2v) is 3.97. The number of aromatic nitrogens is 2. The quantitative estimate of drug-likeness (QED) is 0.643. The normalized spacial score (nSPS) is 15.5. The number of aromatic amines is 2. The second-order valence-electron chi connectivity index (χ2n) is 3.97. The third-order valence-corrected chi connectivity index (χ3v) is 2.69. The fourth-order valence-corrected chi connectivity index (χ4v) is 1.78. The van der Waals surface area contributed by atoms with E-state index in [0.717, 1.165) is 25.0 Å². The fourth-order valence-electron chi connectivity index (χ4n) is 1.78. The average Bonchev–Trinajstić information content (AvgIpc) is 2.98. The molecule has 1 fully saturated rings. The Labute approximate surface area is 86.7 Å². The van der Waals surface area contributed by atoms with Gasteiger partial charge in [-0.3, -0.25) is 9.78 Å². The van der Waals surface area contributed by atoms with Gasteiger partial charge in [0.05, 0.1) is 0 Å². The molecule has 5 heteroatoms. The zero-order valence-electron chi connectivity index (χ0n) is 8.51. The lowest BCUT2D eigenvalue weighted by Gasteiger charge is -2.05. The van der Waals surface area contributed by atoms with Crippen LogP contribution in [0.4, 0.5) is 0 Å². The maximum Gasteiger partial charge on any atom is 0.325 e. The highest BCUT2D eigenvalue weighted by Gasteiger charge is 2.28. The monoisotopic (exact) mass is 209 g/mol. The molecular formula is C10H15N3O2. The lowest BCUT2D eigenvalue weighted by Crippen LogP contribution is -2.28. The smallest absolute Gasteiger partial charge is 0.325 e. The molecule has 4 N–H and O–H groups in total. The summed E-state index contributed by atoms with van der Waals surface area (Å²) in [5.41, 5.74) is 6.30. The molecule has 5 nitrogen and oxygen atoms in total. The third kappa shape index (κ3) is 2.18. The van der Waals surface area contributed by atoms with Crippen LogP contribution in [0.25, 0.3) is 0 Å². The molecule has 82 valence electrons. The van der Waals surface area contributed by atoms with E-state index in [4.69, 9.17) is 5.73 Å². The van der Waals surface area contributed by atoms with Crippen LogP contribution >= 0.6 is 0 Å². The Bertz CT molecular complexity index is 456. The van der Waals surface area contributed by atoms with E-state index in [1.165, 1.54) is 0 Å². The van der Waals surface area contributed by atoms with Crippen LogP contribution in [-0.4, -0.2) is 16.5 Å². The van der Waals surface area contributed by atoms with E-state index in [1.54, 1.807) is 0 Å². The van der Waals surface area contributed by atoms with Gasteiger partial charge in [-0.1, -0.05) is 0 Å². The molecule has 0 spiro atoms. The minimum atomic E-state index is -0.404. The molecule has 0 amide bonds. The predicted octanol–water partition coefficient (Wildman–Crippen LogP) is -0.168. The van der Waals surface area contributed by atoms with Gasteiger partial charge in [-0.15, -0.1) is 0 Å². The van der Waals surface area contributed by atoms with E-state index in [9.17, 15) is 9.59 Å². The van der Waals surface area contributed by atoms with Gasteiger partial charge in [0, 0.05) is 11.3 Å². The van der Waals surface area contributed by atoms with Crippen molar-refractivity contribution in [2.75, 3.05) is 6.54 Å². The maximum atomic E-state index is 11.6. The number of nitrogens with one attached hydrogen (secondary N) is 2. The van der Waals surface area contributed by atoms with Crippen molar-refractivity contribution in [3.05, 3.63) is 32.1 Å². The molecule has 0 radical (unpaired) electrons.